The number of ether oxygens (including phenoxy) is 1. The van der Waals surface area contributed by atoms with Crippen molar-refractivity contribution in [3.05, 3.63) is 29.3 Å². The Labute approximate surface area is 115 Å². The molecule has 1 aliphatic rings. The van der Waals surface area contributed by atoms with Crippen LogP contribution >= 0.6 is 0 Å². The summed E-state index contributed by atoms with van der Waals surface area (Å²) in [5, 5.41) is 2.75. The third kappa shape index (κ3) is 3.53. The molecular formula is C14H15F2NO3. The van der Waals surface area contributed by atoms with Crippen molar-refractivity contribution >= 4 is 12.2 Å². The number of rotatable bonds is 5. The highest BCUT2D eigenvalue weighted by atomic mass is 19.1. The second-order valence-corrected chi connectivity index (χ2v) is 4.77. The van der Waals surface area contributed by atoms with E-state index < -0.39 is 29.9 Å². The lowest BCUT2D eigenvalue weighted by atomic mass is 10.2. The lowest BCUT2D eigenvalue weighted by molar-refractivity contribution is -0.123. The summed E-state index contributed by atoms with van der Waals surface area (Å²) in [6, 6.07) is 1.85. The van der Waals surface area contributed by atoms with Crippen molar-refractivity contribution in [3.63, 3.8) is 0 Å². The summed E-state index contributed by atoms with van der Waals surface area (Å²) in [5.74, 6) is -3.05. The van der Waals surface area contributed by atoms with Crippen LogP contribution in [0.25, 0.3) is 0 Å². The van der Waals surface area contributed by atoms with Gasteiger partial charge in [0.2, 0.25) is 0 Å². The Morgan fingerprint density at radius 3 is 2.45 bits per heavy atom. The van der Waals surface area contributed by atoms with Crippen molar-refractivity contribution in [1.29, 1.82) is 0 Å². The van der Waals surface area contributed by atoms with Crippen molar-refractivity contribution in [1.82, 2.24) is 5.32 Å². The molecule has 0 aromatic heterocycles. The Bertz CT molecular complexity index is 490. The van der Waals surface area contributed by atoms with Gasteiger partial charge >= 0.3 is 0 Å². The average molecular weight is 283 g/mol. The van der Waals surface area contributed by atoms with Gasteiger partial charge < -0.3 is 10.1 Å². The lowest BCUT2D eigenvalue weighted by Crippen LogP contribution is -2.36. The van der Waals surface area contributed by atoms with Crippen LogP contribution in [0.5, 0.6) is 5.75 Å². The summed E-state index contributed by atoms with van der Waals surface area (Å²) in [4.78, 5) is 22.0. The molecule has 1 amide bonds. The van der Waals surface area contributed by atoms with Crippen molar-refractivity contribution in [3.8, 4) is 5.75 Å². The number of nitrogens with one attached hydrogen (secondary N) is 1. The summed E-state index contributed by atoms with van der Waals surface area (Å²) < 4.78 is 31.9. The van der Waals surface area contributed by atoms with Gasteiger partial charge in [-0.3, -0.25) is 9.59 Å². The zero-order chi connectivity index (χ0) is 14.5. The fourth-order valence-corrected chi connectivity index (χ4v) is 2.26. The standard InChI is InChI=1S/C14H15F2NO3/c15-11-5-9(7-18)6-12(16)14(11)20-8-13(19)17-10-3-1-2-4-10/h5-7,10H,1-4,8H2,(H,17,19). The van der Waals surface area contributed by atoms with Crippen molar-refractivity contribution in [2.24, 2.45) is 0 Å². The SMILES string of the molecule is O=Cc1cc(F)c(OCC(=O)NC2CCCC2)c(F)c1. The highest BCUT2D eigenvalue weighted by molar-refractivity contribution is 5.78. The minimum atomic E-state index is -0.999. The van der Waals surface area contributed by atoms with E-state index in [1.165, 1.54) is 0 Å². The normalized spacial score (nSPS) is 15.1. The van der Waals surface area contributed by atoms with Gasteiger partial charge in [-0.1, -0.05) is 12.8 Å². The third-order valence-corrected chi connectivity index (χ3v) is 3.22. The van der Waals surface area contributed by atoms with Gasteiger partial charge in [0.05, 0.1) is 0 Å². The number of halogens is 2. The summed E-state index contributed by atoms with van der Waals surface area (Å²) in [7, 11) is 0. The highest BCUT2D eigenvalue weighted by Gasteiger charge is 2.18. The number of carbonyl (C=O) groups excluding carboxylic acids is 2. The van der Waals surface area contributed by atoms with E-state index in [4.69, 9.17) is 4.74 Å². The van der Waals surface area contributed by atoms with Crippen molar-refractivity contribution in [2.75, 3.05) is 6.61 Å². The molecule has 2 rings (SSSR count). The molecule has 108 valence electrons. The predicted octanol–water partition coefficient (Wildman–Crippen LogP) is 2.21. The van der Waals surface area contributed by atoms with Crippen molar-refractivity contribution in [2.45, 2.75) is 31.7 Å². The first-order valence-electron chi connectivity index (χ1n) is 6.46. The van der Waals surface area contributed by atoms with Gasteiger partial charge in [0.25, 0.3) is 5.91 Å². The van der Waals surface area contributed by atoms with E-state index in [-0.39, 0.29) is 11.6 Å². The summed E-state index contributed by atoms with van der Waals surface area (Å²) in [6.07, 6.45) is 4.32. The van der Waals surface area contributed by atoms with Crippen LogP contribution in [0.2, 0.25) is 0 Å². The van der Waals surface area contributed by atoms with Crippen LogP contribution in [0.3, 0.4) is 0 Å². The Morgan fingerprint density at radius 1 is 1.30 bits per heavy atom. The van der Waals surface area contributed by atoms with Crippen LogP contribution < -0.4 is 10.1 Å². The maximum atomic E-state index is 13.5. The Balaban J connectivity index is 1.93. The molecule has 0 aliphatic heterocycles. The van der Waals surface area contributed by atoms with E-state index in [1.807, 2.05) is 0 Å². The van der Waals surface area contributed by atoms with E-state index in [0.29, 0.717) is 6.29 Å². The summed E-state index contributed by atoms with van der Waals surface area (Å²) >= 11 is 0. The number of amides is 1. The van der Waals surface area contributed by atoms with E-state index in [1.54, 1.807) is 0 Å². The van der Waals surface area contributed by atoms with Crippen LogP contribution in [0.15, 0.2) is 12.1 Å². The molecule has 0 radical (unpaired) electrons. The largest absolute Gasteiger partial charge is 0.478 e. The first kappa shape index (κ1) is 14.4. The molecule has 1 aromatic rings. The Kier molecular flexibility index (Phi) is 4.65. The maximum absolute atomic E-state index is 13.5. The molecule has 4 nitrogen and oxygen atoms in total. The van der Waals surface area contributed by atoms with Gasteiger partial charge in [-0.15, -0.1) is 0 Å². The second kappa shape index (κ2) is 6.45. The molecule has 1 N–H and O–H groups in total. The number of hydrogen-bond donors (Lipinski definition) is 1. The number of hydrogen-bond acceptors (Lipinski definition) is 3. The first-order chi connectivity index (χ1) is 9.60. The van der Waals surface area contributed by atoms with Gasteiger partial charge in [0, 0.05) is 11.6 Å². The van der Waals surface area contributed by atoms with Crippen LogP contribution in [-0.2, 0) is 4.79 Å². The highest BCUT2D eigenvalue weighted by Crippen LogP contribution is 2.23. The molecule has 0 bridgehead atoms. The Hall–Kier alpha value is -1.98. The van der Waals surface area contributed by atoms with Crippen molar-refractivity contribution < 1.29 is 23.1 Å². The van der Waals surface area contributed by atoms with E-state index >= 15 is 0 Å². The monoisotopic (exact) mass is 283 g/mol. The summed E-state index contributed by atoms with van der Waals surface area (Å²) in [6.45, 7) is -0.454. The summed E-state index contributed by atoms with van der Waals surface area (Å²) in [5.41, 5.74) is -0.122. The molecule has 1 aliphatic carbocycles. The van der Waals surface area contributed by atoms with Crippen LogP contribution in [0, 0.1) is 11.6 Å². The van der Waals surface area contributed by atoms with Gasteiger partial charge in [-0.05, 0) is 25.0 Å². The second-order valence-electron chi connectivity index (χ2n) is 4.77. The van der Waals surface area contributed by atoms with Crippen LogP contribution in [-0.4, -0.2) is 24.8 Å². The average Bonchev–Trinajstić information content (AvgIpc) is 2.90. The molecule has 1 saturated carbocycles. The molecule has 1 fully saturated rings. The predicted molar refractivity (Wildman–Crippen MR) is 67.6 cm³/mol. The van der Waals surface area contributed by atoms with E-state index in [2.05, 4.69) is 5.32 Å². The quantitative estimate of drug-likeness (QED) is 0.843. The zero-order valence-corrected chi connectivity index (χ0v) is 10.8. The lowest BCUT2D eigenvalue weighted by Gasteiger charge is -2.13. The fourth-order valence-electron chi connectivity index (χ4n) is 2.26. The number of aldehydes is 1. The molecule has 1 aromatic carbocycles. The van der Waals surface area contributed by atoms with E-state index in [9.17, 15) is 18.4 Å². The maximum Gasteiger partial charge on any atom is 0.258 e. The molecule has 0 heterocycles. The third-order valence-electron chi connectivity index (χ3n) is 3.22. The Morgan fingerprint density at radius 2 is 1.90 bits per heavy atom. The first-order valence-corrected chi connectivity index (χ1v) is 6.46. The van der Waals surface area contributed by atoms with Gasteiger partial charge in [-0.25, -0.2) is 8.78 Å². The van der Waals surface area contributed by atoms with Gasteiger partial charge in [0.1, 0.15) is 6.29 Å². The number of carbonyl (C=O) groups is 2. The molecule has 0 saturated heterocycles. The van der Waals surface area contributed by atoms with E-state index in [0.717, 1.165) is 37.8 Å². The topological polar surface area (TPSA) is 55.4 Å². The molecule has 20 heavy (non-hydrogen) atoms. The van der Waals surface area contributed by atoms with Crippen LogP contribution in [0.1, 0.15) is 36.0 Å². The van der Waals surface area contributed by atoms with Crippen LogP contribution in [0.4, 0.5) is 8.78 Å². The van der Waals surface area contributed by atoms with Gasteiger partial charge in [0.15, 0.2) is 24.0 Å². The smallest absolute Gasteiger partial charge is 0.258 e. The minimum absolute atomic E-state index is 0.122. The molecule has 0 spiro atoms. The molecule has 6 heteroatoms. The minimum Gasteiger partial charge on any atom is -0.478 e. The molecular weight excluding hydrogens is 268 g/mol. The van der Waals surface area contributed by atoms with Gasteiger partial charge in [-0.2, -0.15) is 0 Å². The molecule has 0 atom stereocenters. The fraction of sp³-hybridized carbons (Fsp3) is 0.429. The number of benzene rings is 1. The zero-order valence-electron chi connectivity index (χ0n) is 10.8. The molecule has 0 unspecified atom stereocenters.